The minimum Gasteiger partial charge on any atom is -0.545 e. The van der Waals surface area contributed by atoms with Crippen molar-refractivity contribution in [2.75, 3.05) is 47.5 Å². The molecule has 0 aliphatic rings. The molecular weight excluding hydrogens is 959 g/mol. The van der Waals surface area contributed by atoms with Crippen molar-refractivity contribution in [3.05, 3.63) is 72.9 Å². The number of quaternary nitrogens is 1. The lowest BCUT2D eigenvalue weighted by Gasteiger charge is -2.26. The Balaban J connectivity index is 4.20. The maximum atomic E-state index is 12.9. The van der Waals surface area contributed by atoms with Crippen LogP contribution >= 0.6 is 0 Å². The highest BCUT2D eigenvalue weighted by molar-refractivity contribution is 5.70. The summed E-state index contributed by atoms with van der Waals surface area (Å²) in [5, 5.41) is 11.8. The number of carbonyl (C=O) groups excluding carboxylic acids is 3. The first-order chi connectivity index (χ1) is 37.6. The highest BCUT2D eigenvalue weighted by atomic mass is 16.7. The van der Waals surface area contributed by atoms with Gasteiger partial charge in [0.15, 0.2) is 12.4 Å². The molecule has 446 valence electrons. The quantitative estimate of drug-likeness (QED) is 0.0195. The Bertz CT molecular complexity index is 1490. The van der Waals surface area contributed by atoms with Crippen molar-refractivity contribution in [2.24, 2.45) is 0 Å². The van der Waals surface area contributed by atoms with Gasteiger partial charge in [0.2, 0.25) is 0 Å². The van der Waals surface area contributed by atoms with Crippen LogP contribution in [-0.2, 0) is 33.3 Å². The molecule has 0 amide bonds. The molecule has 9 heteroatoms. The molecule has 77 heavy (non-hydrogen) atoms. The zero-order valence-corrected chi connectivity index (χ0v) is 50.8. The van der Waals surface area contributed by atoms with Crippen molar-refractivity contribution in [1.82, 2.24) is 0 Å². The third kappa shape index (κ3) is 60.2. The van der Waals surface area contributed by atoms with E-state index in [0.29, 0.717) is 23.9 Å². The van der Waals surface area contributed by atoms with Crippen LogP contribution in [0.2, 0.25) is 0 Å². The fourth-order valence-corrected chi connectivity index (χ4v) is 9.07. The topological polar surface area (TPSA) is 111 Å². The van der Waals surface area contributed by atoms with E-state index in [1.807, 2.05) is 21.1 Å². The van der Waals surface area contributed by atoms with Gasteiger partial charge in [0.05, 0.1) is 40.3 Å². The van der Waals surface area contributed by atoms with Crippen LogP contribution in [0.1, 0.15) is 284 Å². The molecule has 0 bridgehead atoms. The molecule has 0 radical (unpaired) electrons. The van der Waals surface area contributed by atoms with Crippen molar-refractivity contribution < 1.29 is 42.9 Å². The lowest BCUT2D eigenvalue weighted by Crippen LogP contribution is -2.44. The van der Waals surface area contributed by atoms with Gasteiger partial charge in [0.25, 0.3) is 0 Å². The summed E-state index contributed by atoms with van der Waals surface area (Å²) in [7, 11) is 5.93. The lowest BCUT2D eigenvalue weighted by atomic mass is 10.0. The van der Waals surface area contributed by atoms with Crippen molar-refractivity contribution >= 4 is 17.9 Å². The zero-order chi connectivity index (χ0) is 56.2. The average Bonchev–Trinajstić information content (AvgIpc) is 3.40. The Morgan fingerprint density at radius 2 is 0.740 bits per heavy atom. The Kier molecular flexibility index (Phi) is 56.4. The number of unbranched alkanes of at least 4 members (excludes halogenated alkanes) is 32. The summed E-state index contributed by atoms with van der Waals surface area (Å²) >= 11 is 0. The highest BCUT2D eigenvalue weighted by Crippen LogP contribution is 2.17. The molecule has 0 aliphatic carbocycles. The van der Waals surface area contributed by atoms with Crippen LogP contribution < -0.4 is 5.11 Å². The van der Waals surface area contributed by atoms with Gasteiger partial charge in [0, 0.05) is 12.8 Å². The average molecular weight is 1080 g/mol. The van der Waals surface area contributed by atoms with E-state index in [0.717, 1.165) is 83.5 Å². The number of carboxylic acid groups (broad SMARTS) is 1. The zero-order valence-electron chi connectivity index (χ0n) is 50.8. The van der Waals surface area contributed by atoms with Gasteiger partial charge in [0.1, 0.15) is 13.2 Å². The van der Waals surface area contributed by atoms with Crippen molar-refractivity contribution in [2.45, 2.75) is 296 Å². The predicted molar refractivity (Wildman–Crippen MR) is 325 cm³/mol. The number of rotatable bonds is 59. The van der Waals surface area contributed by atoms with Crippen LogP contribution in [0.4, 0.5) is 0 Å². The Hall–Kier alpha value is -3.27. The Morgan fingerprint density at radius 3 is 1.10 bits per heavy atom. The van der Waals surface area contributed by atoms with E-state index in [4.69, 9.17) is 18.9 Å². The number of carboxylic acids is 1. The van der Waals surface area contributed by atoms with E-state index in [2.05, 4.69) is 86.8 Å². The number of allylic oxidation sites excluding steroid dienone is 12. The minimum absolute atomic E-state index is 0.144. The van der Waals surface area contributed by atoms with E-state index in [1.54, 1.807) is 0 Å². The molecule has 0 heterocycles. The lowest BCUT2D eigenvalue weighted by molar-refractivity contribution is -0.870. The third-order valence-corrected chi connectivity index (χ3v) is 14.0. The summed E-state index contributed by atoms with van der Waals surface area (Å²) in [6.07, 6.45) is 73.9. The fraction of sp³-hybridized carbons (Fsp3) is 0.779. The summed E-state index contributed by atoms with van der Waals surface area (Å²) in [5.41, 5.74) is 0. The van der Waals surface area contributed by atoms with Gasteiger partial charge in [-0.05, 0) is 64.2 Å². The van der Waals surface area contributed by atoms with Crippen molar-refractivity contribution in [3.63, 3.8) is 0 Å². The molecule has 0 rings (SSSR count). The molecule has 0 aliphatic heterocycles. The van der Waals surface area contributed by atoms with E-state index in [1.165, 1.54) is 167 Å². The van der Waals surface area contributed by atoms with Gasteiger partial charge in [-0.2, -0.15) is 0 Å². The monoisotopic (exact) mass is 1080 g/mol. The van der Waals surface area contributed by atoms with E-state index in [9.17, 15) is 19.5 Å². The maximum Gasteiger partial charge on any atom is 0.306 e. The molecule has 0 saturated carbocycles. The Morgan fingerprint density at radius 1 is 0.403 bits per heavy atom. The van der Waals surface area contributed by atoms with E-state index >= 15 is 0 Å². The highest BCUT2D eigenvalue weighted by Gasteiger charge is 2.22. The molecule has 9 nitrogen and oxygen atoms in total. The molecule has 0 aromatic heterocycles. The molecule has 0 spiro atoms. The first-order valence-electron chi connectivity index (χ1n) is 32.1. The molecule has 0 fully saturated rings. The minimum atomic E-state index is -1.63. The number of hydrogen-bond acceptors (Lipinski definition) is 8. The third-order valence-electron chi connectivity index (χ3n) is 14.0. The normalized spacial score (nSPS) is 13.2. The van der Waals surface area contributed by atoms with Crippen LogP contribution in [-0.4, -0.2) is 82.3 Å². The van der Waals surface area contributed by atoms with E-state index in [-0.39, 0.29) is 32.2 Å². The number of hydrogen-bond donors (Lipinski definition) is 0. The maximum absolute atomic E-state index is 12.9. The van der Waals surface area contributed by atoms with Gasteiger partial charge < -0.3 is 33.3 Å². The van der Waals surface area contributed by atoms with Gasteiger partial charge in [-0.3, -0.25) is 9.59 Å². The summed E-state index contributed by atoms with van der Waals surface area (Å²) in [6, 6.07) is 0. The van der Waals surface area contributed by atoms with Crippen LogP contribution in [0.15, 0.2) is 72.9 Å². The molecule has 0 aromatic carbocycles. The Labute approximate surface area is 475 Å². The number of nitrogens with zero attached hydrogens (tertiary/aromatic N) is 1. The molecule has 0 N–H and O–H groups in total. The first kappa shape index (κ1) is 73.7. The van der Waals surface area contributed by atoms with Crippen molar-refractivity contribution in [3.8, 4) is 0 Å². The van der Waals surface area contributed by atoms with Crippen LogP contribution in [0.5, 0.6) is 0 Å². The number of ether oxygens (including phenoxy) is 4. The number of esters is 2. The summed E-state index contributed by atoms with van der Waals surface area (Å²) in [6.45, 7) is 4.66. The van der Waals surface area contributed by atoms with Crippen LogP contribution in [0.25, 0.3) is 0 Å². The smallest absolute Gasteiger partial charge is 0.306 e. The van der Waals surface area contributed by atoms with Crippen LogP contribution in [0, 0.1) is 0 Å². The fourth-order valence-electron chi connectivity index (χ4n) is 9.07. The molecule has 2 unspecified atom stereocenters. The summed E-state index contributed by atoms with van der Waals surface area (Å²) in [5.74, 6) is -2.28. The summed E-state index contributed by atoms with van der Waals surface area (Å²) in [4.78, 5) is 37.4. The van der Waals surface area contributed by atoms with Gasteiger partial charge in [-0.15, -0.1) is 0 Å². The molecular formula is C68H121NO8. The van der Waals surface area contributed by atoms with Gasteiger partial charge in [-0.1, -0.05) is 279 Å². The standard InChI is InChI=1S/C68H121NO8/c1-6-8-10-12-14-16-18-20-22-24-26-28-30-32-33-35-37-39-41-43-45-47-49-51-53-55-57-59-66(71)77-64(63-76-68(67(72)73)74-61-60-69(3,4)5)62-75-65(70)58-56-54-52-50-48-46-44-42-40-38-36-34-31-29-27-25-23-21-19-17-15-13-11-9-7-2/h8,10,14,16,20,22,26,28,32-33,37,39,64,68H,6-7,9,11-13,15,17-19,21,23-25,27,29-31,34-36,38,40-63H2,1-5H3/b10-8-,16-14-,22-20-,28-26-,33-32-,39-37-. The van der Waals surface area contributed by atoms with Gasteiger partial charge >= 0.3 is 11.9 Å². The molecule has 0 aromatic rings. The van der Waals surface area contributed by atoms with Crippen molar-refractivity contribution in [1.29, 1.82) is 0 Å². The molecule has 2 atom stereocenters. The molecule has 0 saturated heterocycles. The second-order valence-electron chi connectivity index (χ2n) is 22.7. The van der Waals surface area contributed by atoms with Crippen LogP contribution in [0.3, 0.4) is 0 Å². The van der Waals surface area contributed by atoms with E-state index < -0.39 is 24.3 Å². The van der Waals surface area contributed by atoms with Gasteiger partial charge in [-0.25, -0.2) is 0 Å². The number of carbonyl (C=O) groups is 3. The second-order valence-corrected chi connectivity index (χ2v) is 22.7. The number of aliphatic carboxylic acids is 1. The first-order valence-corrected chi connectivity index (χ1v) is 32.1. The largest absolute Gasteiger partial charge is 0.545 e. The number of likely N-dealkylation sites (N-methyl/N-ethyl adjacent to an activating group) is 1. The SMILES string of the molecule is CC/C=C\C/C=C\C/C=C\C/C=C\C/C=C\C/C=C\CCCCCCCCCCC(=O)OC(COC(=O)CCCCCCCCCCCCCCCCCCCCCCCCCCC)COC(OCC[N+](C)(C)C)C(=O)[O-]. The summed E-state index contributed by atoms with van der Waals surface area (Å²) < 4.78 is 22.8. The second kappa shape index (κ2) is 58.9. The predicted octanol–water partition coefficient (Wildman–Crippen LogP) is 18.0.